The van der Waals surface area contributed by atoms with Gasteiger partial charge in [-0.05, 0) is 69.8 Å². The number of rotatable bonds is 4. The molecule has 0 N–H and O–H groups in total. The lowest BCUT2D eigenvalue weighted by Gasteiger charge is -2.28. The van der Waals surface area contributed by atoms with Crippen molar-refractivity contribution in [3.8, 4) is 6.07 Å². The van der Waals surface area contributed by atoms with Crippen LogP contribution in [0.5, 0.6) is 0 Å². The molecule has 1 aromatic heterocycles. The molecule has 1 aromatic rings. The zero-order chi connectivity index (χ0) is 16.1. The van der Waals surface area contributed by atoms with Gasteiger partial charge in [-0.25, -0.2) is 9.97 Å². The van der Waals surface area contributed by atoms with Crippen LogP contribution >= 0.6 is 0 Å². The van der Waals surface area contributed by atoms with E-state index in [9.17, 15) is 0 Å². The maximum Gasteiger partial charge on any atom is 0.131 e. The summed E-state index contributed by atoms with van der Waals surface area (Å²) in [5.74, 6) is 2.26. The Morgan fingerprint density at radius 2 is 1.61 bits per heavy atom. The Labute approximate surface area is 139 Å². The predicted octanol–water partition coefficient (Wildman–Crippen LogP) is 4.34. The summed E-state index contributed by atoms with van der Waals surface area (Å²) >= 11 is 0. The Balaban J connectivity index is 1.55. The summed E-state index contributed by atoms with van der Waals surface area (Å²) in [7, 11) is 0. The van der Waals surface area contributed by atoms with Crippen molar-refractivity contribution in [2.45, 2.75) is 76.2 Å². The molecule has 2 fully saturated rings. The molecular formula is C19H27N3O. The maximum atomic E-state index is 8.99. The second-order valence-electron chi connectivity index (χ2n) is 6.98. The second kappa shape index (κ2) is 7.88. The molecular weight excluding hydrogens is 286 g/mol. The highest BCUT2D eigenvalue weighted by atomic mass is 16.5. The lowest BCUT2D eigenvalue weighted by Crippen LogP contribution is -2.21. The van der Waals surface area contributed by atoms with E-state index in [2.05, 4.69) is 23.0 Å². The van der Waals surface area contributed by atoms with Crippen molar-refractivity contribution < 1.29 is 4.74 Å². The van der Waals surface area contributed by atoms with E-state index in [1.54, 1.807) is 0 Å². The van der Waals surface area contributed by atoms with Gasteiger partial charge in [-0.2, -0.15) is 5.26 Å². The summed E-state index contributed by atoms with van der Waals surface area (Å²) in [6, 6.07) is 2.39. The molecule has 2 saturated carbocycles. The molecule has 0 saturated heterocycles. The fraction of sp³-hybridized carbons (Fsp3) is 0.737. The quantitative estimate of drug-likeness (QED) is 0.829. The third-order valence-corrected chi connectivity index (χ3v) is 5.51. The summed E-state index contributed by atoms with van der Waals surface area (Å²) in [6.45, 7) is 2.89. The van der Waals surface area contributed by atoms with Crippen LogP contribution in [0.15, 0.2) is 12.4 Å². The highest BCUT2D eigenvalue weighted by molar-refractivity contribution is 5.14. The molecule has 2 aliphatic rings. The lowest BCUT2D eigenvalue weighted by molar-refractivity contribution is 0.0327. The molecule has 0 atom stereocenters. The topological polar surface area (TPSA) is 58.8 Å². The van der Waals surface area contributed by atoms with Gasteiger partial charge in [-0.1, -0.05) is 0 Å². The first-order valence-electron chi connectivity index (χ1n) is 9.13. The van der Waals surface area contributed by atoms with E-state index in [1.807, 2.05) is 12.4 Å². The molecule has 4 nitrogen and oxygen atoms in total. The number of ether oxygens (including phenoxy) is 1. The molecule has 0 bridgehead atoms. The molecule has 0 aromatic carbocycles. The van der Waals surface area contributed by atoms with Crippen molar-refractivity contribution in [3.05, 3.63) is 23.8 Å². The molecule has 0 spiro atoms. The molecule has 0 radical (unpaired) electrons. The molecule has 4 heteroatoms. The SMILES string of the molecule is CCOC1CCC(c2cnc(C3CCC(C#N)CC3)nc2)CC1. The van der Waals surface area contributed by atoms with Crippen LogP contribution in [-0.4, -0.2) is 22.7 Å². The summed E-state index contributed by atoms with van der Waals surface area (Å²) in [5.41, 5.74) is 1.29. The van der Waals surface area contributed by atoms with E-state index < -0.39 is 0 Å². The van der Waals surface area contributed by atoms with Crippen LogP contribution in [0.1, 0.15) is 81.5 Å². The monoisotopic (exact) mass is 313 g/mol. The van der Waals surface area contributed by atoms with Crippen molar-refractivity contribution in [2.24, 2.45) is 5.92 Å². The van der Waals surface area contributed by atoms with Crippen LogP contribution in [0.3, 0.4) is 0 Å². The zero-order valence-electron chi connectivity index (χ0n) is 14.1. The van der Waals surface area contributed by atoms with Gasteiger partial charge in [0.15, 0.2) is 0 Å². The van der Waals surface area contributed by atoms with E-state index in [1.165, 1.54) is 18.4 Å². The largest absolute Gasteiger partial charge is 0.379 e. The Bertz CT molecular complexity index is 521. The number of hydrogen-bond acceptors (Lipinski definition) is 4. The Kier molecular flexibility index (Phi) is 5.61. The van der Waals surface area contributed by atoms with E-state index in [0.29, 0.717) is 17.9 Å². The van der Waals surface area contributed by atoms with Gasteiger partial charge in [0.1, 0.15) is 5.82 Å². The summed E-state index contributed by atoms with van der Waals surface area (Å²) < 4.78 is 5.73. The number of hydrogen-bond donors (Lipinski definition) is 0. The fourth-order valence-corrected chi connectivity index (χ4v) is 4.05. The minimum atomic E-state index is 0.242. The van der Waals surface area contributed by atoms with Gasteiger partial charge in [0, 0.05) is 30.8 Å². The fourth-order valence-electron chi connectivity index (χ4n) is 4.05. The van der Waals surface area contributed by atoms with Crippen LogP contribution in [0, 0.1) is 17.2 Å². The van der Waals surface area contributed by atoms with Gasteiger partial charge in [-0.15, -0.1) is 0 Å². The third kappa shape index (κ3) is 4.09. The number of aromatic nitrogens is 2. The zero-order valence-corrected chi connectivity index (χ0v) is 14.1. The molecule has 3 rings (SSSR count). The van der Waals surface area contributed by atoms with Crippen molar-refractivity contribution in [3.63, 3.8) is 0 Å². The first kappa shape index (κ1) is 16.4. The van der Waals surface area contributed by atoms with Gasteiger partial charge in [-0.3, -0.25) is 0 Å². The maximum absolute atomic E-state index is 8.99. The van der Waals surface area contributed by atoms with E-state index >= 15 is 0 Å². The molecule has 1 heterocycles. The second-order valence-corrected chi connectivity index (χ2v) is 6.98. The van der Waals surface area contributed by atoms with Crippen molar-refractivity contribution in [1.82, 2.24) is 9.97 Å². The average molecular weight is 313 g/mol. The standard InChI is InChI=1S/C19H27N3O/c1-2-23-18-9-7-15(8-10-18)17-12-21-19(22-13-17)16-5-3-14(11-20)4-6-16/h12-16,18H,2-10H2,1H3. The van der Waals surface area contributed by atoms with E-state index in [4.69, 9.17) is 10.00 Å². The van der Waals surface area contributed by atoms with Gasteiger partial charge in [0.05, 0.1) is 12.2 Å². The molecule has 2 aliphatic carbocycles. The van der Waals surface area contributed by atoms with Crippen molar-refractivity contribution >= 4 is 0 Å². The highest BCUT2D eigenvalue weighted by Gasteiger charge is 2.26. The Morgan fingerprint density at radius 1 is 1.00 bits per heavy atom. The minimum absolute atomic E-state index is 0.242. The van der Waals surface area contributed by atoms with Gasteiger partial charge >= 0.3 is 0 Å². The van der Waals surface area contributed by atoms with Crippen molar-refractivity contribution in [1.29, 1.82) is 5.26 Å². The first-order valence-corrected chi connectivity index (χ1v) is 9.13. The predicted molar refractivity (Wildman–Crippen MR) is 89.0 cm³/mol. The summed E-state index contributed by atoms with van der Waals surface area (Å²) in [4.78, 5) is 9.32. The van der Waals surface area contributed by atoms with Crippen LogP contribution in [0.4, 0.5) is 0 Å². The van der Waals surface area contributed by atoms with Crippen LogP contribution in [0.2, 0.25) is 0 Å². The first-order chi connectivity index (χ1) is 11.3. The number of nitriles is 1. The molecule has 0 unspecified atom stereocenters. The van der Waals surface area contributed by atoms with E-state index in [0.717, 1.165) is 51.0 Å². The van der Waals surface area contributed by atoms with Crippen LogP contribution < -0.4 is 0 Å². The minimum Gasteiger partial charge on any atom is -0.379 e. The Morgan fingerprint density at radius 3 is 2.17 bits per heavy atom. The lowest BCUT2D eigenvalue weighted by atomic mass is 9.82. The summed E-state index contributed by atoms with van der Waals surface area (Å²) in [5, 5.41) is 8.99. The Hall–Kier alpha value is -1.47. The molecule has 23 heavy (non-hydrogen) atoms. The third-order valence-electron chi connectivity index (χ3n) is 5.51. The van der Waals surface area contributed by atoms with Crippen molar-refractivity contribution in [2.75, 3.05) is 6.61 Å². The van der Waals surface area contributed by atoms with Crippen LogP contribution in [0.25, 0.3) is 0 Å². The molecule has 0 aliphatic heterocycles. The molecule has 124 valence electrons. The van der Waals surface area contributed by atoms with E-state index in [-0.39, 0.29) is 5.92 Å². The van der Waals surface area contributed by atoms with Gasteiger partial charge in [0.2, 0.25) is 0 Å². The van der Waals surface area contributed by atoms with Gasteiger partial charge in [0.25, 0.3) is 0 Å². The van der Waals surface area contributed by atoms with Crippen LogP contribution in [-0.2, 0) is 4.74 Å². The average Bonchev–Trinajstić information content (AvgIpc) is 2.63. The normalized spacial score (nSPS) is 31.5. The number of nitrogens with zero attached hydrogens (tertiary/aromatic N) is 3. The molecule has 0 amide bonds. The van der Waals surface area contributed by atoms with Gasteiger partial charge < -0.3 is 4.74 Å². The smallest absolute Gasteiger partial charge is 0.131 e. The summed E-state index contributed by atoms with van der Waals surface area (Å²) in [6.07, 6.45) is 13.3. The highest BCUT2D eigenvalue weighted by Crippen LogP contribution is 2.36.